The summed E-state index contributed by atoms with van der Waals surface area (Å²) < 4.78 is 34.5. The van der Waals surface area contributed by atoms with E-state index < -0.39 is 34.1 Å². The molecule has 2 amide bonds. The molecule has 10 heteroatoms. The molecule has 4 aromatic carbocycles. The van der Waals surface area contributed by atoms with E-state index in [0.29, 0.717) is 16.3 Å². The van der Waals surface area contributed by atoms with E-state index in [9.17, 15) is 18.0 Å². The Morgan fingerprint density at radius 2 is 1.44 bits per heavy atom. The van der Waals surface area contributed by atoms with E-state index in [-0.39, 0.29) is 29.5 Å². The highest BCUT2D eigenvalue weighted by Crippen LogP contribution is 2.27. The lowest BCUT2D eigenvalue weighted by molar-refractivity contribution is -0.140. The first-order valence-corrected chi connectivity index (χ1v) is 16.3. The number of carbonyl (C=O) groups excluding carboxylic acids is 2. The first-order valence-electron chi connectivity index (χ1n) is 14.5. The zero-order valence-corrected chi connectivity index (χ0v) is 27.4. The Hall–Kier alpha value is -4.34. The van der Waals surface area contributed by atoms with Crippen molar-refractivity contribution in [3.05, 3.63) is 125 Å². The molecular weight excluding hydrogens is 610 g/mol. The van der Waals surface area contributed by atoms with E-state index in [4.69, 9.17) is 16.3 Å². The minimum absolute atomic E-state index is 0.0241. The first-order chi connectivity index (χ1) is 21.4. The summed E-state index contributed by atoms with van der Waals surface area (Å²) in [7, 11) is -2.68. The second kappa shape index (κ2) is 14.6. The molecule has 0 saturated carbocycles. The van der Waals surface area contributed by atoms with Crippen LogP contribution in [0.25, 0.3) is 0 Å². The van der Waals surface area contributed by atoms with E-state index in [2.05, 4.69) is 5.32 Å². The summed E-state index contributed by atoms with van der Waals surface area (Å²) in [5.74, 6) is -0.384. The Labute approximate surface area is 270 Å². The third-order valence-corrected chi connectivity index (χ3v) is 9.00. The van der Waals surface area contributed by atoms with E-state index >= 15 is 0 Å². The molecule has 0 aliphatic heterocycles. The van der Waals surface area contributed by atoms with Gasteiger partial charge in [-0.3, -0.25) is 13.9 Å². The maximum atomic E-state index is 14.5. The van der Waals surface area contributed by atoms with Crippen molar-refractivity contribution in [2.75, 3.05) is 18.0 Å². The van der Waals surface area contributed by atoms with Gasteiger partial charge in [0.05, 0.1) is 17.7 Å². The molecule has 1 unspecified atom stereocenters. The number of benzene rings is 4. The lowest BCUT2D eigenvalue weighted by Crippen LogP contribution is -2.56. The Morgan fingerprint density at radius 1 is 0.844 bits per heavy atom. The maximum absolute atomic E-state index is 14.5. The molecule has 0 aliphatic carbocycles. The second-order valence-corrected chi connectivity index (χ2v) is 13.9. The summed E-state index contributed by atoms with van der Waals surface area (Å²) in [5.41, 5.74) is 1.23. The molecule has 0 aliphatic rings. The van der Waals surface area contributed by atoms with Crippen LogP contribution in [-0.4, -0.2) is 50.4 Å². The fraction of sp³-hybridized carbons (Fsp3) is 0.257. The molecule has 0 spiro atoms. The molecule has 45 heavy (non-hydrogen) atoms. The topological polar surface area (TPSA) is 96.0 Å². The largest absolute Gasteiger partial charge is 0.497 e. The molecule has 1 atom stereocenters. The molecule has 0 radical (unpaired) electrons. The van der Waals surface area contributed by atoms with Crippen LogP contribution in [0.4, 0.5) is 5.69 Å². The van der Waals surface area contributed by atoms with Crippen molar-refractivity contribution < 1.29 is 22.7 Å². The number of anilines is 1. The Balaban J connectivity index is 1.81. The Morgan fingerprint density at radius 3 is 2.02 bits per heavy atom. The number of ether oxygens (including phenoxy) is 1. The van der Waals surface area contributed by atoms with Crippen molar-refractivity contribution in [3.63, 3.8) is 0 Å². The highest BCUT2D eigenvalue weighted by Gasteiger charge is 2.35. The molecule has 1 N–H and O–H groups in total. The van der Waals surface area contributed by atoms with Gasteiger partial charge in [-0.25, -0.2) is 8.42 Å². The average molecular weight is 648 g/mol. The smallest absolute Gasteiger partial charge is 0.264 e. The minimum atomic E-state index is -4.19. The molecule has 0 heterocycles. The summed E-state index contributed by atoms with van der Waals surface area (Å²) in [6.07, 6.45) is 0.211. The van der Waals surface area contributed by atoms with E-state index in [1.165, 1.54) is 24.1 Å². The van der Waals surface area contributed by atoms with Gasteiger partial charge in [0.1, 0.15) is 18.3 Å². The second-order valence-electron chi connectivity index (χ2n) is 11.6. The molecular formula is C35H38ClN3O5S. The first kappa shape index (κ1) is 33.6. The SMILES string of the molecule is COc1ccc(N(CC(=O)N(Cc2cccc(Cl)c2)C(Cc2ccccc2)C(=O)NC(C)(C)C)S(=O)(=O)c2ccccc2)cc1. The molecule has 0 bridgehead atoms. The number of halogens is 1. The van der Waals surface area contributed by atoms with Gasteiger partial charge >= 0.3 is 0 Å². The maximum Gasteiger partial charge on any atom is 0.264 e. The summed E-state index contributed by atoms with van der Waals surface area (Å²) >= 11 is 6.30. The number of nitrogens with one attached hydrogen (secondary N) is 1. The predicted octanol–water partition coefficient (Wildman–Crippen LogP) is 6.10. The van der Waals surface area contributed by atoms with Crippen LogP contribution in [0.2, 0.25) is 5.02 Å². The van der Waals surface area contributed by atoms with Crippen LogP contribution in [0.1, 0.15) is 31.9 Å². The summed E-state index contributed by atoms with van der Waals surface area (Å²) in [6, 6.07) is 29.8. The predicted molar refractivity (Wildman–Crippen MR) is 178 cm³/mol. The van der Waals surface area contributed by atoms with Crippen LogP contribution < -0.4 is 14.4 Å². The van der Waals surface area contributed by atoms with Crippen LogP contribution in [0.3, 0.4) is 0 Å². The van der Waals surface area contributed by atoms with Gasteiger partial charge in [-0.2, -0.15) is 0 Å². The summed E-state index contributed by atoms with van der Waals surface area (Å²) in [4.78, 5) is 29.9. The lowest BCUT2D eigenvalue weighted by atomic mass is 10.0. The molecule has 0 fully saturated rings. The van der Waals surface area contributed by atoms with E-state index in [0.717, 1.165) is 9.87 Å². The van der Waals surface area contributed by atoms with Crippen LogP contribution in [0, 0.1) is 0 Å². The Kier molecular flexibility index (Phi) is 10.9. The Bertz CT molecular complexity index is 1690. The molecule has 4 rings (SSSR count). The van der Waals surface area contributed by atoms with Crippen LogP contribution >= 0.6 is 11.6 Å². The van der Waals surface area contributed by atoms with Crippen LogP contribution in [0.5, 0.6) is 5.75 Å². The van der Waals surface area contributed by atoms with Gasteiger partial charge in [0.2, 0.25) is 11.8 Å². The number of nitrogens with zero attached hydrogens (tertiary/aromatic N) is 2. The van der Waals surface area contributed by atoms with Gasteiger partial charge in [-0.1, -0.05) is 72.3 Å². The average Bonchev–Trinajstić information content (AvgIpc) is 3.01. The molecule has 8 nitrogen and oxygen atoms in total. The standard InChI is InChI=1S/C35H38ClN3O5S/c1-35(2,3)37-34(41)32(23-26-12-7-5-8-13-26)38(24-27-14-11-15-28(36)22-27)33(40)25-39(29-18-20-30(44-4)21-19-29)45(42,43)31-16-9-6-10-17-31/h5-22,32H,23-25H2,1-4H3,(H,37,41). The van der Waals surface area contributed by atoms with Crippen molar-refractivity contribution in [3.8, 4) is 5.75 Å². The number of hydrogen-bond acceptors (Lipinski definition) is 5. The van der Waals surface area contributed by atoms with Crippen molar-refractivity contribution in [2.45, 2.75) is 50.2 Å². The van der Waals surface area contributed by atoms with Gasteiger partial charge in [-0.15, -0.1) is 0 Å². The number of methoxy groups -OCH3 is 1. The fourth-order valence-electron chi connectivity index (χ4n) is 4.84. The van der Waals surface area contributed by atoms with Crippen LogP contribution in [0.15, 0.2) is 114 Å². The normalized spacial score (nSPS) is 12.2. The van der Waals surface area contributed by atoms with Crippen molar-refractivity contribution >= 4 is 39.1 Å². The monoisotopic (exact) mass is 647 g/mol. The zero-order chi connectivity index (χ0) is 32.6. The summed E-state index contributed by atoms with van der Waals surface area (Å²) in [6.45, 7) is 5.07. The van der Waals surface area contributed by atoms with Crippen molar-refractivity contribution in [1.29, 1.82) is 0 Å². The highest BCUT2D eigenvalue weighted by molar-refractivity contribution is 7.92. The van der Waals surface area contributed by atoms with Gasteiger partial charge in [0.15, 0.2) is 0 Å². The van der Waals surface area contributed by atoms with Gasteiger partial charge in [-0.05, 0) is 80.4 Å². The van der Waals surface area contributed by atoms with Gasteiger partial charge in [0, 0.05) is 23.5 Å². The number of rotatable bonds is 12. The quantitative estimate of drug-likeness (QED) is 0.201. The zero-order valence-electron chi connectivity index (χ0n) is 25.8. The number of sulfonamides is 1. The van der Waals surface area contributed by atoms with Gasteiger partial charge < -0.3 is 15.0 Å². The third kappa shape index (κ3) is 9.09. The van der Waals surface area contributed by atoms with Gasteiger partial charge in [0.25, 0.3) is 10.0 Å². The minimum Gasteiger partial charge on any atom is -0.497 e. The molecule has 4 aromatic rings. The number of carbonyl (C=O) groups is 2. The fourth-order valence-corrected chi connectivity index (χ4v) is 6.48. The summed E-state index contributed by atoms with van der Waals surface area (Å²) in [5, 5.41) is 3.50. The van der Waals surface area contributed by atoms with Crippen molar-refractivity contribution in [1.82, 2.24) is 10.2 Å². The molecule has 236 valence electrons. The van der Waals surface area contributed by atoms with E-state index in [1.807, 2.05) is 57.2 Å². The van der Waals surface area contributed by atoms with E-state index in [1.54, 1.807) is 60.7 Å². The number of amides is 2. The number of hydrogen-bond donors (Lipinski definition) is 1. The van der Waals surface area contributed by atoms with Crippen LogP contribution in [-0.2, 0) is 32.6 Å². The lowest BCUT2D eigenvalue weighted by Gasteiger charge is -2.35. The molecule has 0 saturated heterocycles. The highest BCUT2D eigenvalue weighted by atomic mass is 35.5. The molecule has 0 aromatic heterocycles. The van der Waals surface area contributed by atoms with Crippen molar-refractivity contribution in [2.24, 2.45) is 0 Å². The third-order valence-electron chi connectivity index (χ3n) is 6.98.